The smallest absolute Gasteiger partial charge is 0.331 e. The van der Waals surface area contributed by atoms with E-state index in [2.05, 4.69) is 20.3 Å². The number of sulfone groups is 1. The fraction of sp³-hybridized carbons (Fsp3) is 0.100. The molecule has 1 aliphatic rings. The molecule has 1 N–H and O–H groups in total. The molecule has 0 aromatic heterocycles. The molecule has 0 bridgehead atoms. The van der Waals surface area contributed by atoms with Gasteiger partial charge in [-0.25, -0.2) is 13.2 Å². The van der Waals surface area contributed by atoms with Gasteiger partial charge in [0.2, 0.25) is 9.84 Å². The number of methoxy groups -OCH3 is 2. The monoisotopic (exact) mass is 459 g/mol. The number of amidine groups is 1. The van der Waals surface area contributed by atoms with E-state index in [4.69, 9.17) is 4.74 Å². The molecule has 2 aromatic carbocycles. The van der Waals surface area contributed by atoms with Crippen LogP contribution in [0.2, 0.25) is 0 Å². The van der Waals surface area contributed by atoms with Crippen molar-refractivity contribution in [2.45, 2.75) is 9.79 Å². The lowest BCUT2D eigenvalue weighted by atomic mass is 10.2. The van der Waals surface area contributed by atoms with Gasteiger partial charge in [0.15, 0.2) is 5.17 Å². The van der Waals surface area contributed by atoms with Gasteiger partial charge in [0.1, 0.15) is 5.75 Å². The van der Waals surface area contributed by atoms with Crippen LogP contribution in [0.1, 0.15) is 5.56 Å². The molecule has 0 aliphatic carbocycles. The summed E-state index contributed by atoms with van der Waals surface area (Å²) in [6, 6.07) is 12.5. The predicted octanol–water partition coefficient (Wildman–Crippen LogP) is 2.14. The summed E-state index contributed by atoms with van der Waals surface area (Å²) in [5.41, 5.74) is 0.286. The number of ether oxygens (including phenoxy) is 2. The molecule has 1 amide bonds. The maximum absolute atomic E-state index is 13.1. The van der Waals surface area contributed by atoms with Crippen LogP contribution < -0.4 is 10.1 Å². The van der Waals surface area contributed by atoms with E-state index in [9.17, 15) is 18.0 Å². The van der Waals surface area contributed by atoms with Crippen LogP contribution in [0.25, 0.3) is 0 Å². The highest BCUT2D eigenvalue weighted by molar-refractivity contribution is 8.18. The van der Waals surface area contributed by atoms with Crippen LogP contribution in [0.5, 0.6) is 5.75 Å². The fourth-order valence-corrected chi connectivity index (χ4v) is 4.70. The van der Waals surface area contributed by atoms with E-state index in [0.717, 1.165) is 17.8 Å². The van der Waals surface area contributed by atoms with E-state index in [0.29, 0.717) is 5.75 Å². The molecule has 0 spiro atoms. The Morgan fingerprint density at radius 3 is 2.55 bits per heavy atom. The molecule has 9 nitrogen and oxygen atoms in total. The lowest BCUT2D eigenvalue weighted by molar-refractivity contribution is -0.135. The highest BCUT2D eigenvalue weighted by Crippen LogP contribution is 2.27. The second kappa shape index (κ2) is 9.58. The molecule has 1 saturated heterocycles. The maximum atomic E-state index is 13.1. The first kappa shape index (κ1) is 22.2. The predicted molar refractivity (Wildman–Crippen MR) is 116 cm³/mol. The van der Waals surface area contributed by atoms with Crippen molar-refractivity contribution in [2.75, 3.05) is 14.2 Å². The van der Waals surface area contributed by atoms with Crippen molar-refractivity contribution in [3.8, 4) is 5.75 Å². The molecule has 1 aliphatic heterocycles. The lowest BCUT2D eigenvalue weighted by Gasteiger charge is -2.09. The zero-order valence-corrected chi connectivity index (χ0v) is 18.1. The second-order valence-electron chi connectivity index (χ2n) is 5.96. The summed E-state index contributed by atoms with van der Waals surface area (Å²) in [5.74, 6) is -0.813. The maximum Gasteiger partial charge on any atom is 0.331 e. The molecular formula is C20H17N3O6S2. The average Bonchev–Trinajstić information content (AvgIpc) is 3.13. The molecule has 0 unspecified atom stereocenters. The molecule has 1 heterocycles. The van der Waals surface area contributed by atoms with Crippen LogP contribution in [-0.4, -0.2) is 45.9 Å². The van der Waals surface area contributed by atoms with Gasteiger partial charge in [-0.05, 0) is 42.1 Å². The quantitative estimate of drug-likeness (QED) is 0.304. The molecule has 2 aromatic rings. The van der Waals surface area contributed by atoms with Gasteiger partial charge in [0.25, 0.3) is 5.91 Å². The highest BCUT2D eigenvalue weighted by atomic mass is 32.2. The van der Waals surface area contributed by atoms with E-state index < -0.39 is 21.7 Å². The standard InChI is InChI=1S/C20H17N3O6S2/c1-28-14-9-8-13(17(10-14)31(26,27)15-6-4-3-5-7-15)12-21-23-20-22-19(25)16(30-20)11-18(24)29-2/h3-12H,1-2H3,(H,22,23,25)/b16-11+,21-12?. The Morgan fingerprint density at radius 1 is 1.13 bits per heavy atom. The number of nitrogens with one attached hydrogen (secondary N) is 1. The van der Waals surface area contributed by atoms with Gasteiger partial charge in [-0.2, -0.15) is 5.10 Å². The topological polar surface area (TPSA) is 123 Å². The third-order valence-electron chi connectivity index (χ3n) is 4.01. The Bertz CT molecular complexity index is 1200. The van der Waals surface area contributed by atoms with Crippen molar-refractivity contribution in [3.63, 3.8) is 0 Å². The number of amides is 1. The zero-order chi connectivity index (χ0) is 22.4. The first-order chi connectivity index (χ1) is 14.8. The number of carbonyl (C=O) groups excluding carboxylic acids is 2. The molecule has 160 valence electrons. The Balaban J connectivity index is 1.91. The van der Waals surface area contributed by atoms with Crippen molar-refractivity contribution in [2.24, 2.45) is 10.2 Å². The molecular weight excluding hydrogens is 442 g/mol. The molecule has 0 radical (unpaired) electrons. The van der Waals surface area contributed by atoms with Crippen molar-refractivity contribution in [1.82, 2.24) is 5.32 Å². The molecule has 3 rings (SSSR count). The van der Waals surface area contributed by atoms with E-state index in [1.165, 1.54) is 38.6 Å². The summed E-state index contributed by atoms with van der Waals surface area (Å²) in [5, 5.41) is 10.4. The number of nitrogens with zero attached hydrogens (tertiary/aromatic N) is 2. The van der Waals surface area contributed by atoms with Gasteiger partial charge in [-0.15, -0.1) is 5.10 Å². The summed E-state index contributed by atoms with van der Waals surface area (Å²) >= 11 is 0.908. The average molecular weight is 460 g/mol. The molecule has 0 saturated carbocycles. The van der Waals surface area contributed by atoms with Gasteiger partial charge < -0.3 is 9.47 Å². The number of hydrogen-bond donors (Lipinski definition) is 1. The van der Waals surface area contributed by atoms with Gasteiger partial charge in [0, 0.05) is 11.6 Å². The SMILES string of the molecule is COC(=O)/C=C1/S/C(=N\N=Cc2ccc(OC)cc2S(=O)(=O)c2ccccc2)NC1=O. The summed E-state index contributed by atoms with van der Waals surface area (Å²) in [6.07, 6.45) is 2.30. The van der Waals surface area contributed by atoms with Crippen LogP contribution >= 0.6 is 11.8 Å². The molecule has 31 heavy (non-hydrogen) atoms. The number of esters is 1. The number of thioether (sulfide) groups is 1. The highest BCUT2D eigenvalue weighted by Gasteiger charge is 2.25. The summed E-state index contributed by atoms with van der Waals surface area (Å²) < 4.78 is 35.8. The van der Waals surface area contributed by atoms with Crippen molar-refractivity contribution in [3.05, 3.63) is 65.1 Å². The van der Waals surface area contributed by atoms with Crippen molar-refractivity contribution >= 4 is 44.9 Å². The second-order valence-corrected chi connectivity index (χ2v) is 8.91. The van der Waals surface area contributed by atoms with E-state index in [1.807, 2.05) is 0 Å². The number of benzene rings is 2. The number of rotatable bonds is 6. The van der Waals surface area contributed by atoms with Crippen LogP contribution in [0.3, 0.4) is 0 Å². The largest absolute Gasteiger partial charge is 0.497 e. The summed E-state index contributed by atoms with van der Waals surface area (Å²) in [4.78, 5) is 23.4. The fourth-order valence-electron chi connectivity index (χ4n) is 2.49. The van der Waals surface area contributed by atoms with Crippen LogP contribution in [0.4, 0.5) is 0 Å². The minimum Gasteiger partial charge on any atom is -0.497 e. The summed E-state index contributed by atoms with van der Waals surface area (Å²) in [7, 11) is -1.20. The molecule has 1 fully saturated rings. The van der Waals surface area contributed by atoms with Crippen LogP contribution in [0, 0.1) is 0 Å². The van der Waals surface area contributed by atoms with Crippen molar-refractivity contribution in [1.29, 1.82) is 0 Å². The van der Waals surface area contributed by atoms with Crippen molar-refractivity contribution < 1.29 is 27.5 Å². The third kappa shape index (κ3) is 5.19. The van der Waals surface area contributed by atoms with Crippen LogP contribution in [-0.2, 0) is 24.2 Å². The minimum absolute atomic E-state index is 0.00335. The van der Waals surface area contributed by atoms with Gasteiger partial charge in [-0.3, -0.25) is 10.1 Å². The Labute approximate surface area is 182 Å². The van der Waals surface area contributed by atoms with E-state index in [-0.39, 0.29) is 25.4 Å². The first-order valence-electron chi connectivity index (χ1n) is 8.73. The minimum atomic E-state index is -3.84. The number of carbonyl (C=O) groups is 2. The lowest BCUT2D eigenvalue weighted by Crippen LogP contribution is -2.19. The number of hydrogen-bond acceptors (Lipinski definition) is 9. The Hall–Kier alpha value is -3.44. The third-order valence-corrected chi connectivity index (χ3v) is 6.74. The van der Waals surface area contributed by atoms with Gasteiger partial charge >= 0.3 is 5.97 Å². The normalized spacial score (nSPS) is 16.6. The zero-order valence-electron chi connectivity index (χ0n) is 16.4. The van der Waals surface area contributed by atoms with E-state index >= 15 is 0 Å². The molecule has 0 atom stereocenters. The van der Waals surface area contributed by atoms with E-state index in [1.54, 1.807) is 30.3 Å². The first-order valence-corrected chi connectivity index (χ1v) is 11.0. The van der Waals surface area contributed by atoms with Gasteiger partial charge in [0.05, 0.1) is 35.1 Å². The molecule has 11 heteroatoms. The Morgan fingerprint density at radius 2 is 1.87 bits per heavy atom. The van der Waals surface area contributed by atoms with Crippen LogP contribution in [0.15, 0.2) is 79.5 Å². The summed E-state index contributed by atoms with van der Waals surface area (Å²) in [6.45, 7) is 0. The van der Waals surface area contributed by atoms with Gasteiger partial charge in [-0.1, -0.05) is 18.2 Å². The Kier molecular flexibility index (Phi) is 6.88.